The molecule has 1 aliphatic heterocycles. The van der Waals surface area contributed by atoms with E-state index in [1.807, 2.05) is 54.6 Å². The highest BCUT2D eigenvalue weighted by molar-refractivity contribution is 5.88. The molecule has 0 aromatic heterocycles. The summed E-state index contributed by atoms with van der Waals surface area (Å²) in [6.45, 7) is 3.24. The predicted molar refractivity (Wildman–Crippen MR) is 128 cm³/mol. The van der Waals surface area contributed by atoms with Gasteiger partial charge in [-0.25, -0.2) is 0 Å². The van der Waals surface area contributed by atoms with E-state index in [1.165, 1.54) is 16.5 Å². The summed E-state index contributed by atoms with van der Waals surface area (Å²) in [6, 6.07) is 20.0. The van der Waals surface area contributed by atoms with Crippen molar-refractivity contribution in [1.29, 1.82) is 0 Å². The molecule has 0 saturated carbocycles. The van der Waals surface area contributed by atoms with Crippen molar-refractivity contribution >= 4 is 5.91 Å². The van der Waals surface area contributed by atoms with Gasteiger partial charge in [0.05, 0.1) is 18.3 Å². The van der Waals surface area contributed by atoms with Crippen LogP contribution in [0.5, 0.6) is 0 Å². The number of hydrogen-bond acceptors (Lipinski definition) is 4. The molecule has 3 atom stereocenters. The van der Waals surface area contributed by atoms with Crippen molar-refractivity contribution in [1.82, 2.24) is 10.2 Å². The van der Waals surface area contributed by atoms with Crippen LogP contribution in [-0.2, 0) is 16.0 Å². The van der Waals surface area contributed by atoms with Gasteiger partial charge >= 0.3 is 0 Å². The molecule has 1 saturated heterocycles. The molecule has 0 spiro atoms. The number of nitrogens with zero attached hydrogens (tertiary/aromatic N) is 1. The first kappa shape index (κ1) is 22.6. The third-order valence-corrected chi connectivity index (χ3v) is 5.78. The largest absolute Gasteiger partial charge is 0.378 e. The number of ether oxygens (including phenoxy) is 1. The summed E-state index contributed by atoms with van der Waals surface area (Å²) < 4.78 is 5.34. The lowest BCUT2D eigenvalue weighted by atomic mass is 10.0. The lowest BCUT2D eigenvalue weighted by Crippen LogP contribution is -2.42. The standard InChI is InChI=1S/C28H28N2O3/c1-21(24-12-6-3-7-13-24)19-29-25-14-8-11-23(17-25)15-16-27(31)30-26(20-33-28(30)32)18-22-9-4-2-5-10-22/h2-7,9-13,15-17,21,26,28-29,32H,18-20H2,1H3/b16-15+/t21?,26-,28?/m1/s1. The average Bonchev–Trinajstić information content (AvgIpc) is 3.22. The van der Waals surface area contributed by atoms with Crippen LogP contribution in [0.25, 0.3) is 0 Å². The first-order valence-corrected chi connectivity index (χ1v) is 11.2. The SMILES string of the molecule is CC(CNC1=C=C=CC(/C=C/C(=O)N2C(O)OC[C@H]2Cc2ccccc2)=C1)c1ccccc1. The fraction of sp³-hybridized carbons (Fsp3) is 0.250. The number of nitrogens with one attached hydrogen (secondary N) is 1. The van der Waals surface area contributed by atoms with Crippen molar-refractivity contribution < 1.29 is 14.6 Å². The topological polar surface area (TPSA) is 61.8 Å². The Morgan fingerprint density at radius 3 is 2.70 bits per heavy atom. The van der Waals surface area contributed by atoms with Gasteiger partial charge in [-0.05, 0) is 53.0 Å². The Kier molecular flexibility index (Phi) is 7.41. The Morgan fingerprint density at radius 2 is 1.94 bits per heavy atom. The van der Waals surface area contributed by atoms with Gasteiger partial charge in [0.2, 0.25) is 6.41 Å². The predicted octanol–water partition coefficient (Wildman–Crippen LogP) is 3.82. The van der Waals surface area contributed by atoms with Crippen LogP contribution < -0.4 is 5.32 Å². The number of aliphatic hydroxyl groups excluding tert-OH is 1. The highest BCUT2D eigenvalue weighted by Crippen LogP contribution is 2.20. The van der Waals surface area contributed by atoms with Crippen molar-refractivity contribution in [3.63, 3.8) is 0 Å². The van der Waals surface area contributed by atoms with E-state index < -0.39 is 6.41 Å². The number of hydrogen-bond donors (Lipinski definition) is 2. The molecule has 1 fully saturated rings. The highest BCUT2D eigenvalue weighted by atomic mass is 16.6. The molecule has 1 amide bonds. The third kappa shape index (κ3) is 6.01. The molecule has 168 valence electrons. The normalized spacial score (nSPS) is 20.6. The Hall–Kier alpha value is -3.59. The van der Waals surface area contributed by atoms with Gasteiger partial charge < -0.3 is 15.2 Å². The quantitative estimate of drug-likeness (QED) is 0.484. The van der Waals surface area contributed by atoms with Crippen LogP contribution in [0.15, 0.2) is 108 Å². The van der Waals surface area contributed by atoms with Crippen LogP contribution in [0.3, 0.4) is 0 Å². The molecule has 0 bridgehead atoms. The molecular weight excluding hydrogens is 412 g/mol. The van der Waals surface area contributed by atoms with E-state index in [1.54, 1.807) is 12.2 Å². The van der Waals surface area contributed by atoms with Gasteiger partial charge in [0.1, 0.15) is 0 Å². The number of carbonyl (C=O) groups excluding carboxylic acids is 1. The summed E-state index contributed by atoms with van der Waals surface area (Å²) in [7, 11) is 0. The van der Waals surface area contributed by atoms with Crippen LogP contribution in [0, 0.1) is 0 Å². The summed E-state index contributed by atoms with van der Waals surface area (Å²) in [5.41, 5.74) is 10.1. The molecule has 5 heteroatoms. The fourth-order valence-corrected chi connectivity index (χ4v) is 3.92. The van der Waals surface area contributed by atoms with Crippen LogP contribution >= 0.6 is 0 Å². The Morgan fingerprint density at radius 1 is 1.21 bits per heavy atom. The zero-order valence-corrected chi connectivity index (χ0v) is 18.6. The number of aliphatic hydroxyl groups is 1. The average molecular weight is 441 g/mol. The third-order valence-electron chi connectivity index (χ3n) is 5.78. The molecule has 2 aliphatic rings. The molecule has 5 nitrogen and oxygen atoms in total. The molecule has 2 unspecified atom stereocenters. The fourth-order valence-electron chi connectivity index (χ4n) is 3.92. The van der Waals surface area contributed by atoms with Gasteiger partial charge in [0.15, 0.2) is 0 Å². The van der Waals surface area contributed by atoms with Crippen molar-refractivity contribution in [3.05, 3.63) is 119 Å². The van der Waals surface area contributed by atoms with Crippen molar-refractivity contribution in [2.75, 3.05) is 13.2 Å². The maximum absolute atomic E-state index is 12.9. The molecule has 2 N–H and O–H groups in total. The first-order valence-electron chi connectivity index (χ1n) is 11.2. The second-order valence-corrected chi connectivity index (χ2v) is 8.25. The molecule has 4 rings (SSSR count). The van der Waals surface area contributed by atoms with Crippen molar-refractivity contribution in [3.8, 4) is 0 Å². The molecule has 0 radical (unpaired) electrons. The van der Waals surface area contributed by atoms with E-state index in [4.69, 9.17) is 4.74 Å². The van der Waals surface area contributed by atoms with Crippen molar-refractivity contribution in [2.24, 2.45) is 0 Å². The summed E-state index contributed by atoms with van der Waals surface area (Å²) in [4.78, 5) is 14.2. The van der Waals surface area contributed by atoms with Gasteiger partial charge in [0, 0.05) is 12.6 Å². The zero-order valence-electron chi connectivity index (χ0n) is 18.6. The Bertz CT molecular complexity index is 1120. The van der Waals surface area contributed by atoms with Gasteiger partial charge in [0.25, 0.3) is 5.91 Å². The second-order valence-electron chi connectivity index (χ2n) is 8.25. The van der Waals surface area contributed by atoms with Gasteiger partial charge in [-0.1, -0.05) is 73.3 Å². The lowest BCUT2D eigenvalue weighted by Gasteiger charge is -2.24. The minimum atomic E-state index is -1.23. The van der Waals surface area contributed by atoms with E-state index in [0.29, 0.717) is 18.9 Å². The molecule has 2 aromatic carbocycles. The smallest absolute Gasteiger partial charge is 0.250 e. The summed E-state index contributed by atoms with van der Waals surface area (Å²) in [5.74, 6) is 0.0551. The number of benzene rings is 2. The van der Waals surface area contributed by atoms with Crippen molar-refractivity contribution in [2.45, 2.75) is 31.7 Å². The Balaban J connectivity index is 1.36. The summed E-state index contributed by atoms with van der Waals surface area (Å²) >= 11 is 0. The first-order chi connectivity index (χ1) is 16.1. The zero-order chi connectivity index (χ0) is 23.0. The van der Waals surface area contributed by atoms with Gasteiger partial charge in [-0.3, -0.25) is 9.69 Å². The Labute approximate surface area is 194 Å². The van der Waals surface area contributed by atoms with E-state index in [9.17, 15) is 9.90 Å². The number of carbonyl (C=O) groups is 1. The summed E-state index contributed by atoms with van der Waals surface area (Å²) in [5, 5.41) is 13.6. The second kappa shape index (κ2) is 10.8. The minimum absolute atomic E-state index is 0.216. The van der Waals surface area contributed by atoms with E-state index in [-0.39, 0.29) is 11.9 Å². The van der Waals surface area contributed by atoms with Crippen LogP contribution in [0.1, 0.15) is 24.0 Å². The molecule has 2 aromatic rings. The maximum atomic E-state index is 12.9. The van der Waals surface area contributed by atoms with Crippen LogP contribution in [-0.4, -0.2) is 41.5 Å². The molecular formula is C28H28N2O3. The highest BCUT2D eigenvalue weighted by Gasteiger charge is 2.35. The van der Waals surface area contributed by atoms with E-state index >= 15 is 0 Å². The van der Waals surface area contributed by atoms with E-state index in [0.717, 1.165) is 23.4 Å². The van der Waals surface area contributed by atoms with Gasteiger partial charge in [-0.2, -0.15) is 0 Å². The molecule has 1 aliphatic carbocycles. The molecule has 1 heterocycles. The monoisotopic (exact) mass is 440 g/mol. The number of rotatable bonds is 8. The van der Waals surface area contributed by atoms with Crippen LogP contribution in [0.4, 0.5) is 0 Å². The maximum Gasteiger partial charge on any atom is 0.250 e. The lowest BCUT2D eigenvalue weighted by molar-refractivity contribution is -0.160. The molecule has 33 heavy (non-hydrogen) atoms. The van der Waals surface area contributed by atoms with Crippen LogP contribution in [0.2, 0.25) is 0 Å². The number of allylic oxidation sites excluding steroid dienone is 4. The minimum Gasteiger partial charge on any atom is -0.378 e. The van der Waals surface area contributed by atoms with E-state index in [2.05, 4.69) is 35.8 Å². The van der Waals surface area contributed by atoms with Gasteiger partial charge in [-0.15, -0.1) is 0 Å². The summed E-state index contributed by atoms with van der Waals surface area (Å²) in [6.07, 6.45) is 6.28. The number of amides is 1.